The summed E-state index contributed by atoms with van der Waals surface area (Å²) < 4.78 is 17.5. The van der Waals surface area contributed by atoms with E-state index in [1.54, 1.807) is 0 Å². The second-order valence-corrected chi connectivity index (χ2v) is 2.21. The molecular formula is C8H10FNO2. The van der Waals surface area contributed by atoms with Gasteiger partial charge in [-0.15, -0.1) is 0 Å². The predicted molar refractivity (Wildman–Crippen MR) is 41.7 cm³/mol. The van der Waals surface area contributed by atoms with E-state index in [4.69, 9.17) is 9.94 Å². The van der Waals surface area contributed by atoms with Crippen molar-refractivity contribution in [1.29, 1.82) is 0 Å². The summed E-state index contributed by atoms with van der Waals surface area (Å²) in [6.07, 6.45) is 0. The summed E-state index contributed by atoms with van der Waals surface area (Å²) >= 11 is 0. The smallest absolute Gasteiger partial charge is 0.123 e. The Bertz CT molecular complexity index is 225. The lowest BCUT2D eigenvalue weighted by Gasteiger charge is -2.03. The molecule has 0 amide bonds. The number of halogens is 1. The normalized spacial score (nSPS) is 9.83. The van der Waals surface area contributed by atoms with Crippen LogP contribution in [0, 0.1) is 5.82 Å². The van der Waals surface area contributed by atoms with E-state index in [0.717, 1.165) is 0 Å². The van der Waals surface area contributed by atoms with Crippen LogP contribution in [-0.2, 0) is 0 Å². The maximum absolute atomic E-state index is 12.4. The molecule has 0 aliphatic rings. The van der Waals surface area contributed by atoms with Crippen molar-refractivity contribution in [1.82, 2.24) is 5.48 Å². The van der Waals surface area contributed by atoms with Gasteiger partial charge in [-0.2, -0.15) is 0 Å². The van der Waals surface area contributed by atoms with Crippen LogP contribution < -0.4 is 10.2 Å². The fourth-order valence-corrected chi connectivity index (χ4v) is 0.745. The molecule has 0 radical (unpaired) electrons. The first-order valence-corrected chi connectivity index (χ1v) is 3.58. The zero-order valence-electron chi connectivity index (χ0n) is 6.46. The van der Waals surface area contributed by atoms with E-state index >= 15 is 0 Å². The highest BCUT2D eigenvalue weighted by Crippen LogP contribution is 2.10. The van der Waals surface area contributed by atoms with Crippen LogP contribution >= 0.6 is 0 Å². The van der Waals surface area contributed by atoms with Crippen molar-refractivity contribution in [2.45, 2.75) is 0 Å². The van der Waals surface area contributed by atoms with E-state index in [0.29, 0.717) is 18.9 Å². The van der Waals surface area contributed by atoms with E-state index in [1.807, 2.05) is 5.48 Å². The molecule has 0 aliphatic carbocycles. The van der Waals surface area contributed by atoms with Gasteiger partial charge in [0.15, 0.2) is 0 Å². The number of hydrogen-bond acceptors (Lipinski definition) is 3. The molecule has 2 N–H and O–H groups in total. The molecule has 0 unspecified atom stereocenters. The summed E-state index contributed by atoms with van der Waals surface area (Å²) in [5.41, 5.74) is 1.95. The Hall–Kier alpha value is -1.13. The van der Waals surface area contributed by atoms with Crippen LogP contribution in [0.2, 0.25) is 0 Å². The van der Waals surface area contributed by atoms with Crippen LogP contribution in [0.5, 0.6) is 5.75 Å². The van der Waals surface area contributed by atoms with Crippen LogP contribution in [0.15, 0.2) is 24.3 Å². The molecule has 0 heterocycles. The van der Waals surface area contributed by atoms with Crippen molar-refractivity contribution in [3.63, 3.8) is 0 Å². The van der Waals surface area contributed by atoms with E-state index < -0.39 is 0 Å². The Morgan fingerprint density at radius 1 is 1.33 bits per heavy atom. The second-order valence-electron chi connectivity index (χ2n) is 2.21. The van der Waals surface area contributed by atoms with Crippen molar-refractivity contribution >= 4 is 0 Å². The molecule has 0 spiro atoms. The summed E-state index contributed by atoms with van der Waals surface area (Å²) in [6.45, 7) is 0.694. The van der Waals surface area contributed by atoms with Gasteiger partial charge in [-0.1, -0.05) is 0 Å². The van der Waals surface area contributed by atoms with E-state index in [1.165, 1.54) is 24.3 Å². The molecule has 1 rings (SSSR count). The van der Waals surface area contributed by atoms with E-state index in [2.05, 4.69) is 0 Å². The Morgan fingerprint density at radius 3 is 2.58 bits per heavy atom. The first-order valence-electron chi connectivity index (χ1n) is 3.58. The van der Waals surface area contributed by atoms with Crippen LogP contribution in [0.25, 0.3) is 0 Å². The van der Waals surface area contributed by atoms with Crippen molar-refractivity contribution in [3.05, 3.63) is 30.1 Å². The zero-order valence-corrected chi connectivity index (χ0v) is 6.46. The molecule has 1 aromatic rings. The Morgan fingerprint density at radius 2 is 2.00 bits per heavy atom. The van der Waals surface area contributed by atoms with Gasteiger partial charge < -0.3 is 9.94 Å². The molecule has 4 heteroatoms. The lowest BCUT2D eigenvalue weighted by atomic mass is 10.3. The van der Waals surface area contributed by atoms with Crippen LogP contribution in [0.4, 0.5) is 4.39 Å². The summed E-state index contributed by atoms with van der Waals surface area (Å²) in [4.78, 5) is 0. The molecule has 0 aliphatic heterocycles. The molecule has 0 aromatic heterocycles. The van der Waals surface area contributed by atoms with Crippen LogP contribution in [0.3, 0.4) is 0 Å². The van der Waals surface area contributed by atoms with Gasteiger partial charge in [0.1, 0.15) is 18.2 Å². The quantitative estimate of drug-likeness (QED) is 0.528. The molecule has 0 fully saturated rings. The lowest BCUT2D eigenvalue weighted by Crippen LogP contribution is -2.16. The van der Waals surface area contributed by atoms with Crippen LogP contribution in [-0.4, -0.2) is 18.4 Å². The Labute approximate surface area is 69.7 Å². The van der Waals surface area contributed by atoms with Crippen LogP contribution in [0.1, 0.15) is 0 Å². The number of benzene rings is 1. The minimum absolute atomic E-state index is 0.289. The lowest BCUT2D eigenvalue weighted by molar-refractivity contribution is 0.145. The van der Waals surface area contributed by atoms with Gasteiger partial charge >= 0.3 is 0 Å². The fraction of sp³-hybridized carbons (Fsp3) is 0.250. The minimum Gasteiger partial charge on any atom is -0.492 e. The SMILES string of the molecule is ONCCOc1ccc(F)cc1. The number of hydrogen-bond donors (Lipinski definition) is 2. The first-order chi connectivity index (χ1) is 5.83. The van der Waals surface area contributed by atoms with Gasteiger partial charge in [-0.3, -0.25) is 0 Å². The second kappa shape index (κ2) is 4.69. The Kier molecular flexibility index (Phi) is 3.50. The fourth-order valence-electron chi connectivity index (χ4n) is 0.745. The average molecular weight is 171 g/mol. The van der Waals surface area contributed by atoms with Gasteiger partial charge in [0, 0.05) is 0 Å². The van der Waals surface area contributed by atoms with Gasteiger partial charge in [0.05, 0.1) is 6.54 Å². The van der Waals surface area contributed by atoms with Crippen molar-refractivity contribution in [3.8, 4) is 5.75 Å². The monoisotopic (exact) mass is 171 g/mol. The molecule has 0 saturated carbocycles. The number of hydroxylamine groups is 1. The Balaban J connectivity index is 2.37. The van der Waals surface area contributed by atoms with Gasteiger partial charge in [0.2, 0.25) is 0 Å². The molecule has 66 valence electrons. The zero-order chi connectivity index (χ0) is 8.81. The van der Waals surface area contributed by atoms with Crippen molar-refractivity contribution in [2.75, 3.05) is 13.2 Å². The van der Waals surface area contributed by atoms with Gasteiger partial charge in [0.25, 0.3) is 0 Å². The molecule has 0 atom stereocenters. The summed E-state index contributed by atoms with van der Waals surface area (Å²) in [6, 6.07) is 5.71. The number of ether oxygens (including phenoxy) is 1. The summed E-state index contributed by atoms with van der Waals surface area (Å²) in [5, 5.41) is 8.20. The highest BCUT2D eigenvalue weighted by atomic mass is 19.1. The third kappa shape index (κ3) is 2.86. The topological polar surface area (TPSA) is 41.5 Å². The third-order valence-corrected chi connectivity index (χ3v) is 1.30. The highest BCUT2D eigenvalue weighted by Gasteiger charge is 1.92. The molecule has 12 heavy (non-hydrogen) atoms. The maximum Gasteiger partial charge on any atom is 0.123 e. The molecule has 0 saturated heterocycles. The maximum atomic E-state index is 12.4. The minimum atomic E-state index is -0.289. The summed E-state index contributed by atoms with van der Waals surface area (Å²) in [5.74, 6) is 0.300. The molecule has 1 aromatic carbocycles. The molecule has 3 nitrogen and oxygen atoms in total. The number of rotatable bonds is 4. The van der Waals surface area contributed by atoms with Gasteiger partial charge in [-0.05, 0) is 24.3 Å². The first kappa shape index (κ1) is 8.96. The highest BCUT2D eigenvalue weighted by molar-refractivity contribution is 5.21. The largest absolute Gasteiger partial charge is 0.492 e. The standard InChI is InChI=1S/C8H10FNO2/c9-7-1-3-8(4-2-7)12-6-5-10-11/h1-4,10-11H,5-6H2. The van der Waals surface area contributed by atoms with E-state index in [9.17, 15) is 4.39 Å². The van der Waals surface area contributed by atoms with E-state index in [-0.39, 0.29) is 5.82 Å². The van der Waals surface area contributed by atoms with Gasteiger partial charge in [-0.25, -0.2) is 9.87 Å². The third-order valence-electron chi connectivity index (χ3n) is 1.30. The van der Waals surface area contributed by atoms with Crippen molar-refractivity contribution in [2.24, 2.45) is 0 Å². The number of nitrogens with one attached hydrogen (secondary N) is 1. The predicted octanol–water partition coefficient (Wildman–Crippen LogP) is 1.18. The average Bonchev–Trinajstić information content (AvgIpc) is 2.09. The van der Waals surface area contributed by atoms with Crippen molar-refractivity contribution < 1.29 is 14.3 Å². The molecular weight excluding hydrogens is 161 g/mol. The molecule has 0 bridgehead atoms. The summed E-state index contributed by atoms with van der Waals surface area (Å²) in [7, 11) is 0.